The predicted octanol–water partition coefficient (Wildman–Crippen LogP) is 6.39. The zero-order chi connectivity index (χ0) is 17.9. The molecule has 1 aromatic rings. The average Bonchev–Trinajstić information content (AvgIpc) is 2.57. The summed E-state index contributed by atoms with van der Waals surface area (Å²) in [6.07, 6.45) is 6.20. The van der Waals surface area contributed by atoms with Gasteiger partial charge >= 0.3 is 5.97 Å². The Labute approximate surface area is 162 Å². The lowest BCUT2D eigenvalue weighted by molar-refractivity contribution is -0.137. The molecule has 0 fully saturated rings. The number of esters is 1. The van der Waals surface area contributed by atoms with Crippen LogP contribution < -0.4 is 4.74 Å². The number of hydrogen-bond donors (Lipinski definition) is 0. The number of carbonyl (C=O) groups is 1. The van der Waals surface area contributed by atoms with Crippen molar-refractivity contribution in [1.82, 2.24) is 0 Å². The Bertz CT molecular complexity index is 544. The van der Waals surface area contributed by atoms with E-state index in [4.69, 9.17) is 9.47 Å². The average molecular weight is 462 g/mol. The Morgan fingerprint density at radius 1 is 1.21 bits per heavy atom. The first-order valence-electron chi connectivity index (χ1n) is 8.40. The van der Waals surface area contributed by atoms with Gasteiger partial charge in [0.15, 0.2) is 0 Å². The van der Waals surface area contributed by atoms with Crippen LogP contribution in [0.3, 0.4) is 0 Å². The minimum atomic E-state index is -0.351. The molecule has 3 nitrogen and oxygen atoms in total. The van der Waals surface area contributed by atoms with E-state index >= 15 is 0 Å². The summed E-state index contributed by atoms with van der Waals surface area (Å²) in [4.78, 5) is 10.9. The normalized spacial score (nSPS) is 11.8. The molecule has 0 aliphatic carbocycles. The van der Waals surface area contributed by atoms with E-state index in [1.807, 2.05) is 6.07 Å². The van der Waals surface area contributed by atoms with Gasteiger partial charge in [-0.2, -0.15) is 0 Å². The third kappa shape index (κ3) is 7.39. The van der Waals surface area contributed by atoms with Crippen LogP contribution in [0.1, 0.15) is 57.4 Å². The summed E-state index contributed by atoms with van der Waals surface area (Å²) < 4.78 is 13.0. The largest absolute Gasteiger partial charge is 0.492 e. The van der Waals surface area contributed by atoms with Crippen LogP contribution in [0.5, 0.6) is 5.75 Å². The smallest absolute Gasteiger partial charge is 0.330 e. The summed E-state index contributed by atoms with van der Waals surface area (Å²) >= 11 is 7.16. The molecule has 0 heterocycles. The van der Waals surface area contributed by atoms with Crippen molar-refractivity contribution in [3.05, 3.63) is 39.3 Å². The van der Waals surface area contributed by atoms with Crippen LogP contribution in [0.25, 0.3) is 0 Å². The zero-order valence-electron chi connectivity index (χ0n) is 14.4. The number of ether oxygens (including phenoxy) is 2. The van der Waals surface area contributed by atoms with E-state index < -0.39 is 0 Å². The zero-order valence-corrected chi connectivity index (χ0v) is 17.6. The molecule has 0 aromatic heterocycles. The van der Waals surface area contributed by atoms with Crippen LogP contribution in [-0.2, 0) is 9.53 Å². The lowest BCUT2D eigenvalue weighted by Crippen LogP contribution is -2.04. The fourth-order valence-electron chi connectivity index (χ4n) is 2.28. The molecular formula is C19H26Br2O3. The van der Waals surface area contributed by atoms with Crippen molar-refractivity contribution in [1.29, 1.82) is 0 Å². The van der Waals surface area contributed by atoms with Gasteiger partial charge in [-0.05, 0) is 71.6 Å². The Hall–Kier alpha value is -0.810. The van der Waals surface area contributed by atoms with E-state index in [-0.39, 0.29) is 5.97 Å². The number of hydrogen-bond acceptors (Lipinski definition) is 3. The van der Waals surface area contributed by atoms with Gasteiger partial charge in [-0.3, -0.25) is 0 Å². The van der Waals surface area contributed by atoms with Crippen molar-refractivity contribution in [3.8, 4) is 5.75 Å². The van der Waals surface area contributed by atoms with Crippen LogP contribution in [0.15, 0.2) is 33.7 Å². The lowest BCUT2D eigenvalue weighted by atomic mass is 9.98. The number of halogens is 2. The first-order valence-corrected chi connectivity index (χ1v) is 9.99. The Morgan fingerprint density at radius 3 is 2.50 bits per heavy atom. The topological polar surface area (TPSA) is 35.5 Å². The van der Waals surface area contributed by atoms with Crippen molar-refractivity contribution >= 4 is 37.8 Å². The fourth-order valence-corrected chi connectivity index (χ4v) is 3.65. The molecule has 0 saturated heterocycles. The summed E-state index contributed by atoms with van der Waals surface area (Å²) in [5.41, 5.74) is 1.23. The minimum absolute atomic E-state index is 0.351. The monoisotopic (exact) mass is 460 g/mol. The number of carbonyl (C=O) groups excluding carboxylic acids is 1. The molecule has 1 atom stereocenters. The first-order chi connectivity index (χ1) is 11.5. The number of benzene rings is 1. The van der Waals surface area contributed by atoms with Gasteiger partial charge in [0.1, 0.15) is 5.75 Å². The van der Waals surface area contributed by atoms with Gasteiger partial charge in [0.05, 0.1) is 17.7 Å². The second-order valence-corrected chi connectivity index (χ2v) is 7.52. The molecule has 0 radical (unpaired) electrons. The van der Waals surface area contributed by atoms with Gasteiger partial charge in [0.2, 0.25) is 0 Å². The van der Waals surface area contributed by atoms with E-state index in [9.17, 15) is 4.79 Å². The highest BCUT2D eigenvalue weighted by molar-refractivity contribution is 9.11. The van der Waals surface area contributed by atoms with Crippen LogP contribution in [0, 0.1) is 0 Å². The molecule has 1 rings (SSSR count). The van der Waals surface area contributed by atoms with Crippen molar-refractivity contribution in [2.45, 2.75) is 51.9 Å². The predicted molar refractivity (Wildman–Crippen MR) is 106 cm³/mol. The van der Waals surface area contributed by atoms with Crippen molar-refractivity contribution in [2.24, 2.45) is 0 Å². The van der Waals surface area contributed by atoms with Crippen LogP contribution in [-0.4, -0.2) is 19.2 Å². The van der Waals surface area contributed by atoms with Crippen molar-refractivity contribution in [3.63, 3.8) is 0 Å². The minimum Gasteiger partial charge on any atom is -0.492 e. The first kappa shape index (κ1) is 21.2. The second kappa shape index (κ2) is 11.7. The second-order valence-electron chi connectivity index (χ2n) is 5.75. The summed E-state index contributed by atoms with van der Waals surface area (Å²) in [6.45, 7) is 8.92. The molecule has 0 N–H and O–H groups in total. The summed E-state index contributed by atoms with van der Waals surface area (Å²) in [6, 6.07) is 4.16. The molecular weight excluding hydrogens is 436 g/mol. The quantitative estimate of drug-likeness (QED) is 0.217. The van der Waals surface area contributed by atoms with Crippen LogP contribution >= 0.6 is 31.9 Å². The summed E-state index contributed by atoms with van der Waals surface area (Å²) in [5, 5.41) is 0. The highest BCUT2D eigenvalue weighted by atomic mass is 79.9. The summed E-state index contributed by atoms with van der Waals surface area (Å²) in [7, 11) is 0. The van der Waals surface area contributed by atoms with E-state index in [2.05, 4.69) is 58.4 Å². The van der Waals surface area contributed by atoms with Gasteiger partial charge in [0.25, 0.3) is 0 Å². The number of unbranched alkanes of at least 4 members (excludes halogenated alkanes) is 3. The van der Waals surface area contributed by atoms with E-state index in [0.29, 0.717) is 19.1 Å². The van der Waals surface area contributed by atoms with Gasteiger partial charge in [-0.15, -0.1) is 0 Å². The molecule has 5 heteroatoms. The van der Waals surface area contributed by atoms with Gasteiger partial charge in [0, 0.05) is 10.5 Å². The molecule has 0 bridgehead atoms. The van der Waals surface area contributed by atoms with Crippen LogP contribution in [0.2, 0.25) is 0 Å². The van der Waals surface area contributed by atoms with Gasteiger partial charge < -0.3 is 9.47 Å². The maximum atomic E-state index is 10.9. The highest BCUT2D eigenvalue weighted by Crippen LogP contribution is 2.38. The molecule has 1 unspecified atom stereocenters. The van der Waals surface area contributed by atoms with Crippen LogP contribution in [0.4, 0.5) is 0 Å². The Balaban J connectivity index is 2.37. The summed E-state index contributed by atoms with van der Waals surface area (Å²) in [5.74, 6) is 1.05. The van der Waals surface area contributed by atoms with Gasteiger partial charge in [-0.25, -0.2) is 4.79 Å². The molecule has 24 heavy (non-hydrogen) atoms. The number of rotatable bonds is 11. The van der Waals surface area contributed by atoms with Gasteiger partial charge in [-0.1, -0.05) is 36.4 Å². The molecule has 0 saturated carbocycles. The fraction of sp³-hybridized carbons (Fsp3) is 0.526. The molecule has 0 amide bonds. The van der Waals surface area contributed by atoms with E-state index in [1.165, 1.54) is 11.6 Å². The molecule has 1 aromatic carbocycles. The Morgan fingerprint density at radius 2 is 1.88 bits per heavy atom. The third-order valence-corrected chi connectivity index (χ3v) is 4.92. The maximum absolute atomic E-state index is 10.9. The molecule has 0 aliphatic heterocycles. The molecule has 0 aliphatic rings. The molecule has 0 spiro atoms. The van der Waals surface area contributed by atoms with E-state index in [0.717, 1.165) is 46.8 Å². The SMILES string of the molecule is C=CC(=O)OCCCCCCOc1c(Br)cc(Br)cc1C(C)CC. The third-order valence-electron chi connectivity index (χ3n) is 3.88. The van der Waals surface area contributed by atoms with Crippen molar-refractivity contribution < 1.29 is 14.3 Å². The Kier molecular flexibility index (Phi) is 10.3. The standard InChI is InChI=1S/C19H26Br2O3/c1-4-14(3)16-12-15(20)13-17(21)19(16)24-11-9-7-6-8-10-23-18(22)5-2/h5,12-14H,2,4,6-11H2,1,3H3. The van der Waals surface area contributed by atoms with E-state index in [1.54, 1.807) is 0 Å². The highest BCUT2D eigenvalue weighted by Gasteiger charge is 2.14. The maximum Gasteiger partial charge on any atom is 0.330 e. The van der Waals surface area contributed by atoms with Crippen molar-refractivity contribution in [2.75, 3.05) is 13.2 Å². The molecule has 134 valence electrons. The lowest BCUT2D eigenvalue weighted by Gasteiger charge is -2.18.